The number of nitrogens with zero attached hydrogens (tertiary/aromatic N) is 2. The van der Waals surface area contributed by atoms with Crippen LogP contribution in [0.4, 0.5) is 17.6 Å². The first-order valence-corrected chi connectivity index (χ1v) is 13.1. The van der Waals surface area contributed by atoms with Gasteiger partial charge in [0.05, 0.1) is 23.9 Å². The zero-order chi connectivity index (χ0) is 30.0. The number of H-pyrrole nitrogens is 1. The zero-order valence-electron chi connectivity index (χ0n) is 22.4. The van der Waals surface area contributed by atoms with Gasteiger partial charge < -0.3 is 20.5 Å². The van der Waals surface area contributed by atoms with E-state index in [-0.39, 0.29) is 48.1 Å². The summed E-state index contributed by atoms with van der Waals surface area (Å²) in [5.74, 6) is -0.716. The number of aliphatic hydroxyl groups excluding tert-OH is 1. The van der Waals surface area contributed by atoms with Crippen molar-refractivity contribution in [2.45, 2.75) is 12.6 Å². The predicted molar refractivity (Wildman–Crippen MR) is 151 cm³/mol. The maximum Gasteiger partial charge on any atom is 0.393 e. The number of ether oxygens (including phenoxy) is 1. The number of halogens is 4. The molecule has 0 atom stereocenters. The summed E-state index contributed by atoms with van der Waals surface area (Å²) >= 11 is 0. The summed E-state index contributed by atoms with van der Waals surface area (Å²) in [6, 6.07) is 16.1. The van der Waals surface area contributed by atoms with Gasteiger partial charge in [-0.05, 0) is 40.5 Å². The average Bonchev–Trinajstić information content (AvgIpc) is 3.35. The quantitative estimate of drug-likeness (QED) is 0.0790. The molecule has 8 nitrogen and oxygen atoms in total. The molecule has 0 unspecified atom stereocenters. The van der Waals surface area contributed by atoms with Crippen LogP contribution in [0.25, 0.3) is 22.0 Å². The molecule has 0 spiro atoms. The fraction of sp³-hybridized carbons (Fsp3) is 0.233. The van der Waals surface area contributed by atoms with Crippen LogP contribution in [0.3, 0.4) is 0 Å². The Morgan fingerprint density at radius 3 is 2.52 bits per heavy atom. The summed E-state index contributed by atoms with van der Waals surface area (Å²) in [5.41, 5.74) is 1.79. The maximum atomic E-state index is 14.4. The highest BCUT2D eigenvalue weighted by Crippen LogP contribution is 2.40. The number of alkyl halides is 3. The molecule has 220 valence electrons. The Hall–Kier alpha value is -4.55. The Balaban J connectivity index is 1.56. The van der Waals surface area contributed by atoms with Crippen molar-refractivity contribution in [3.8, 4) is 5.88 Å². The second kappa shape index (κ2) is 14.4. The van der Waals surface area contributed by atoms with Crippen LogP contribution in [0.15, 0.2) is 79.0 Å². The lowest BCUT2D eigenvalue weighted by atomic mass is 9.88. The summed E-state index contributed by atoms with van der Waals surface area (Å²) in [5, 5.41) is 20.6. The molecule has 12 heteroatoms. The minimum absolute atomic E-state index is 0.0177. The summed E-state index contributed by atoms with van der Waals surface area (Å²) < 4.78 is 61.6. The molecule has 0 bridgehead atoms. The van der Waals surface area contributed by atoms with E-state index in [2.05, 4.69) is 25.8 Å². The fourth-order valence-corrected chi connectivity index (χ4v) is 4.25. The number of allylic oxidation sites excluding steroid dienone is 1. The molecule has 0 radical (unpaired) electrons. The number of aliphatic hydroxyl groups is 1. The molecule has 0 saturated carbocycles. The molecular weight excluding hydrogens is 554 g/mol. The second-order valence-electron chi connectivity index (χ2n) is 9.14. The lowest BCUT2D eigenvalue weighted by Gasteiger charge is -2.19. The third-order valence-corrected chi connectivity index (χ3v) is 6.09. The molecule has 4 N–H and O–H groups in total. The number of pyridine rings is 1. The van der Waals surface area contributed by atoms with Gasteiger partial charge in [0.25, 0.3) is 0 Å². The number of hydrogen-bond acceptors (Lipinski definition) is 6. The molecule has 2 heterocycles. The van der Waals surface area contributed by atoms with Crippen molar-refractivity contribution in [2.75, 3.05) is 32.8 Å². The maximum absolute atomic E-state index is 14.4. The highest BCUT2D eigenvalue weighted by Gasteiger charge is 2.31. The molecule has 0 aliphatic carbocycles. The van der Waals surface area contributed by atoms with Crippen LogP contribution >= 0.6 is 0 Å². The van der Waals surface area contributed by atoms with E-state index in [1.807, 2.05) is 0 Å². The number of nitrogens with one attached hydrogen (secondary N) is 3. The molecule has 42 heavy (non-hydrogen) atoms. The Kier molecular flexibility index (Phi) is 10.4. The first-order valence-electron chi connectivity index (χ1n) is 13.1. The summed E-state index contributed by atoms with van der Waals surface area (Å²) in [6.07, 6.45) is -1.30. The molecule has 2 aromatic heterocycles. The Morgan fingerprint density at radius 2 is 1.81 bits per heavy atom. The van der Waals surface area contributed by atoms with Crippen molar-refractivity contribution >= 4 is 28.0 Å². The van der Waals surface area contributed by atoms with Crippen molar-refractivity contribution in [2.24, 2.45) is 0 Å². The van der Waals surface area contributed by atoms with Crippen molar-refractivity contribution in [3.63, 3.8) is 0 Å². The molecule has 4 aromatic rings. The van der Waals surface area contributed by atoms with Crippen LogP contribution in [-0.2, 0) is 4.79 Å². The number of rotatable bonds is 13. The van der Waals surface area contributed by atoms with E-state index in [9.17, 15) is 22.4 Å². The lowest BCUT2D eigenvalue weighted by molar-refractivity contribution is -0.123. The smallest absolute Gasteiger partial charge is 0.393 e. The summed E-state index contributed by atoms with van der Waals surface area (Å²) in [6.45, 7) is 1.15. The highest BCUT2D eigenvalue weighted by molar-refractivity contribution is 6.00. The SMILES string of the molecule is O=C(C=CCNCCOc1ccc(C(=C(CC(F)(F)F)c2ccccc2)c2ccc3n[nH]c(F)c3c2)cn1)NCCO. The highest BCUT2D eigenvalue weighted by atomic mass is 19.4. The first kappa shape index (κ1) is 30.4. The molecule has 0 saturated heterocycles. The molecule has 0 fully saturated rings. The minimum atomic E-state index is -4.51. The Morgan fingerprint density at radius 1 is 1.02 bits per heavy atom. The third-order valence-electron chi connectivity index (χ3n) is 6.09. The summed E-state index contributed by atoms with van der Waals surface area (Å²) in [7, 11) is 0. The van der Waals surface area contributed by atoms with Crippen molar-refractivity contribution < 1.29 is 32.2 Å². The number of carbonyl (C=O) groups excluding carboxylic acids is 1. The molecule has 1 amide bonds. The van der Waals surface area contributed by atoms with Crippen molar-refractivity contribution in [1.82, 2.24) is 25.8 Å². The third kappa shape index (κ3) is 8.48. The number of benzene rings is 2. The molecule has 0 aliphatic rings. The van der Waals surface area contributed by atoms with Crippen LogP contribution in [0, 0.1) is 5.95 Å². The zero-order valence-corrected chi connectivity index (χ0v) is 22.4. The van der Waals surface area contributed by atoms with E-state index in [1.54, 1.807) is 60.7 Å². The van der Waals surface area contributed by atoms with E-state index in [0.29, 0.717) is 35.3 Å². The number of aromatic nitrogens is 3. The van der Waals surface area contributed by atoms with E-state index in [4.69, 9.17) is 9.84 Å². The molecule has 4 rings (SSSR count). The molecular formula is C30H29F4N5O3. The number of fused-ring (bicyclic) bond motifs is 1. The van der Waals surface area contributed by atoms with Crippen LogP contribution in [0.5, 0.6) is 5.88 Å². The van der Waals surface area contributed by atoms with E-state index >= 15 is 0 Å². The van der Waals surface area contributed by atoms with E-state index < -0.39 is 18.5 Å². The monoisotopic (exact) mass is 583 g/mol. The van der Waals surface area contributed by atoms with E-state index in [0.717, 1.165) is 0 Å². The van der Waals surface area contributed by atoms with Gasteiger partial charge in [0.1, 0.15) is 6.61 Å². The van der Waals surface area contributed by atoms with Gasteiger partial charge in [-0.1, -0.05) is 42.5 Å². The van der Waals surface area contributed by atoms with Crippen molar-refractivity contribution in [3.05, 3.63) is 102 Å². The van der Waals surface area contributed by atoms with Crippen molar-refractivity contribution in [1.29, 1.82) is 0 Å². The standard InChI is InChI=1S/C30H29F4N5O3/c31-29-23-17-21(8-10-25(23)38-39-29)28(24(18-30(32,33)34)20-5-2-1-3-6-20)22-9-11-27(37-19-22)42-16-14-35-12-4-7-26(41)36-13-15-40/h1-11,17,19,35,40H,12-16,18H2,(H,36,41)(H,38,39). The molecule has 0 aliphatic heterocycles. The fourth-order valence-electron chi connectivity index (χ4n) is 4.25. The van der Waals surface area contributed by atoms with Crippen LogP contribution in [-0.4, -0.2) is 65.2 Å². The van der Waals surface area contributed by atoms with Gasteiger partial charge in [0.15, 0.2) is 0 Å². The normalized spacial score (nSPS) is 12.5. The summed E-state index contributed by atoms with van der Waals surface area (Å²) in [4.78, 5) is 15.8. The number of hydrogen-bond donors (Lipinski definition) is 4. The van der Waals surface area contributed by atoms with Gasteiger partial charge in [-0.25, -0.2) is 4.98 Å². The van der Waals surface area contributed by atoms with Crippen LogP contribution in [0.2, 0.25) is 0 Å². The van der Waals surface area contributed by atoms with Crippen LogP contribution in [0.1, 0.15) is 23.1 Å². The minimum Gasteiger partial charge on any atom is -0.476 e. The first-order chi connectivity index (χ1) is 20.2. The topological polar surface area (TPSA) is 112 Å². The van der Waals surface area contributed by atoms with Gasteiger partial charge in [0.2, 0.25) is 17.7 Å². The van der Waals surface area contributed by atoms with Gasteiger partial charge >= 0.3 is 6.18 Å². The Labute approximate surface area is 239 Å². The largest absolute Gasteiger partial charge is 0.476 e. The van der Waals surface area contributed by atoms with Gasteiger partial charge in [-0.3, -0.25) is 9.89 Å². The van der Waals surface area contributed by atoms with Crippen LogP contribution < -0.4 is 15.4 Å². The predicted octanol–water partition coefficient (Wildman–Crippen LogP) is 4.64. The van der Waals surface area contributed by atoms with E-state index in [1.165, 1.54) is 18.3 Å². The van der Waals surface area contributed by atoms with Gasteiger partial charge in [-0.2, -0.15) is 22.7 Å². The number of amides is 1. The van der Waals surface area contributed by atoms with Gasteiger partial charge in [-0.15, -0.1) is 0 Å². The Bertz CT molecular complexity index is 1530. The van der Waals surface area contributed by atoms with Gasteiger partial charge in [0, 0.05) is 43.5 Å². The molecule has 2 aromatic carbocycles. The lowest BCUT2D eigenvalue weighted by Crippen LogP contribution is -2.25. The average molecular weight is 584 g/mol. The second-order valence-corrected chi connectivity index (χ2v) is 9.14. The number of aromatic amines is 1. The number of carbonyl (C=O) groups is 1.